The Labute approximate surface area is 113 Å². The van der Waals surface area contributed by atoms with Crippen LogP contribution >= 0.6 is 27.3 Å². The minimum atomic E-state index is 0.700. The monoisotopic (exact) mass is 306 g/mol. The Kier molecular flexibility index (Phi) is 3.82. The fourth-order valence-electron chi connectivity index (χ4n) is 1.66. The zero-order chi connectivity index (χ0) is 12.3. The van der Waals surface area contributed by atoms with Gasteiger partial charge >= 0.3 is 0 Å². The molecule has 1 heterocycles. The first-order chi connectivity index (χ1) is 8.20. The van der Waals surface area contributed by atoms with E-state index in [-0.39, 0.29) is 0 Å². The maximum Gasteiger partial charge on any atom is 0.101 e. The van der Waals surface area contributed by atoms with Gasteiger partial charge < -0.3 is 4.90 Å². The van der Waals surface area contributed by atoms with Gasteiger partial charge in [0.15, 0.2) is 0 Å². The predicted octanol–water partition coefficient (Wildman–Crippen LogP) is 4.02. The Morgan fingerprint density at radius 2 is 2.24 bits per heavy atom. The largest absolute Gasteiger partial charge is 0.369 e. The lowest BCUT2D eigenvalue weighted by atomic mass is 10.1. The topological polar surface area (TPSA) is 27.0 Å². The first-order valence-corrected chi connectivity index (χ1v) is 6.86. The van der Waals surface area contributed by atoms with E-state index < -0.39 is 0 Å². The van der Waals surface area contributed by atoms with Crippen LogP contribution in [0.3, 0.4) is 0 Å². The molecule has 0 saturated heterocycles. The number of nitrogens with zero attached hydrogens (tertiary/aromatic N) is 2. The van der Waals surface area contributed by atoms with Crippen LogP contribution in [0.2, 0.25) is 0 Å². The maximum atomic E-state index is 9.09. The Morgan fingerprint density at radius 1 is 1.41 bits per heavy atom. The van der Waals surface area contributed by atoms with Crippen LogP contribution in [0.25, 0.3) is 0 Å². The van der Waals surface area contributed by atoms with Crippen molar-refractivity contribution >= 4 is 33.0 Å². The maximum absolute atomic E-state index is 9.09. The van der Waals surface area contributed by atoms with Gasteiger partial charge in [0.2, 0.25) is 0 Å². The highest BCUT2D eigenvalue weighted by molar-refractivity contribution is 9.10. The van der Waals surface area contributed by atoms with Crippen LogP contribution in [-0.4, -0.2) is 7.05 Å². The lowest BCUT2D eigenvalue weighted by Gasteiger charge is -2.20. The number of thiophene rings is 1. The number of rotatable bonds is 3. The summed E-state index contributed by atoms with van der Waals surface area (Å²) >= 11 is 5.13. The molecule has 0 aliphatic carbocycles. The molecule has 0 saturated carbocycles. The molecule has 0 radical (unpaired) electrons. The number of hydrogen-bond acceptors (Lipinski definition) is 3. The molecule has 0 atom stereocenters. The first-order valence-electron chi connectivity index (χ1n) is 5.12. The molecular weight excluding hydrogens is 296 g/mol. The zero-order valence-corrected chi connectivity index (χ0v) is 11.8. The third kappa shape index (κ3) is 2.87. The van der Waals surface area contributed by atoms with Gasteiger partial charge in [-0.25, -0.2) is 0 Å². The van der Waals surface area contributed by atoms with Gasteiger partial charge in [0, 0.05) is 18.1 Å². The van der Waals surface area contributed by atoms with E-state index in [4.69, 9.17) is 5.26 Å². The van der Waals surface area contributed by atoms with Gasteiger partial charge in [-0.1, -0.05) is 15.9 Å². The van der Waals surface area contributed by atoms with Crippen LogP contribution in [0, 0.1) is 11.3 Å². The molecular formula is C13H11BrN2S. The number of halogens is 1. The van der Waals surface area contributed by atoms with Crippen LogP contribution in [0.4, 0.5) is 5.69 Å². The second-order valence-electron chi connectivity index (χ2n) is 3.76. The highest BCUT2D eigenvalue weighted by atomic mass is 79.9. The lowest BCUT2D eigenvalue weighted by Crippen LogP contribution is -2.17. The molecule has 86 valence electrons. The van der Waals surface area contributed by atoms with Crippen LogP contribution in [0.1, 0.15) is 11.1 Å². The zero-order valence-electron chi connectivity index (χ0n) is 9.35. The average Bonchev–Trinajstić information content (AvgIpc) is 2.81. The Hall–Kier alpha value is -1.31. The minimum absolute atomic E-state index is 0.700. The number of benzene rings is 1. The van der Waals surface area contributed by atoms with Gasteiger partial charge in [0.1, 0.15) is 6.07 Å². The molecule has 0 amide bonds. The Morgan fingerprint density at radius 3 is 2.88 bits per heavy atom. The second kappa shape index (κ2) is 5.35. The van der Waals surface area contributed by atoms with E-state index in [2.05, 4.69) is 43.7 Å². The second-order valence-corrected chi connectivity index (χ2v) is 5.46. The molecule has 0 bridgehead atoms. The molecule has 1 aromatic heterocycles. The molecule has 0 aliphatic rings. The van der Waals surface area contributed by atoms with Gasteiger partial charge in [-0.3, -0.25) is 0 Å². The normalized spacial score (nSPS) is 9.94. The smallest absolute Gasteiger partial charge is 0.101 e. The SMILES string of the molecule is CN(Cc1ccsc1)c1cc(Br)ccc1C#N. The van der Waals surface area contributed by atoms with Gasteiger partial charge in [-0.05, 0) is 40.6 Å². The molecule has 0 spiro atoms. The lowest BCUT2D eigenvalue weighted by molar-refractivity contribution is 0.925. The summed E-state index contributed by atoms with van der Waals surface area (Å²) < 4.78 is 0.990. The van der Waals surface area contributed by atoms with Gasteiger partial charge in [0.25, 0.3) is 0 Å². The minimum Gasteiger partial charge on any atom is -0.369 e. The van der Waals surface area contributed by atoms with Crippen molar-refractivity contribution in [3.63, 3.8) is 0 Å². The van der Waals surface area contributed by atoms with Crippen LogP contribution in [0.5, 0.6) is 0 Å². The van der Waals surface area contributed by atoms with Crippen molar-refractivity contribution in [1.29, 1.82) is 5.26 Å². The van der Waals surface area contributed by atoms with E-state index in [0.717, 1.165) is 16.7 Å². The Balaban J connectivity index is 2.27. The van der Waals surface area contributed by atoms with Gasteiger partial charge in [0.05, 0.1) is 11.3 Å². The quantitative estimate of drug-likeness (QED) is 0.856. The molecule has 0 aliphatic heterocycles. The molecule has 0 unspecified atom stereocenters. The molecule has 2 aromatic rings. The summed E-state index contributed by atoms with van der Waals surface area (Å²) in [6, 6.07) is 10.0. The van der Waals surface area contributed by atoms with Crippen molar-refractivity contribution in [2.45, 2.75) is 6.54 Å². The molecule has 0 N–H and O–H groups in total. The van der Waals surface area contributed by atoms with E-state index in [1.54, 1.807) is 11.3 Å². The molecule has 4 heteroatoms. The summed E-state index contributed by atoms with van der Waals surface area (Å²) in [5, 5.41) is 13.3. The van der Waals surface area contributed by atoms with Crippen molar-refractivity contribution in [2.24, 2.45) is 0 Å². The Bertz CT molecular complexity index is 543. The van der Waals surface area contributed by atoms with Gasteiger partial charge in [-0.15, -0.1) is 0 Å². The van der Waals surface area contributed by atoms with Gasteiger partial charge in [-0.2, -0.15) is 16.6 Å². The fraction of sp³-hybridized carbons (Fsp3) is 0.154. The third-order valence-corrected chi connectivity index (χ3v) is 3.72. The predicted molar refractivity (Wildman–Crippen MR) is 75.3 cm³/mol. The molecule has 17 heavy (non-hydrogen) atoms. The summed E-state index contributed by atoms with van der Waals surface area (Å²) in [4.78, 5) is 2.09. The molecule has 0 fully saturated rings. The van der Waals surface area contributed by atoms with Crippen molar-refractivity contribution in [2.75, 3.05) is 11.9 Å². The van der Waals surface area contributed by atoms with E-state index >= 15 is 0 Å². The molecule has 2 nitrogen and oxygen atoms in total. The standard InChI is InChI=1S/C13H11BrN2S/c1-16(8-10-4-5-17-9-10)13-6-12(14)3-2-11(13)7-15/h2-6,9H,8H2,1H3. The highest BCUT2D eigenvalue weighted by Crippen LogP contribution is 2.25. The van der Waals surface area contributed by atoms with Crippen LogP contribution < -0.4 is 4.90 Å². The number of hydrogen-bond donors (Lipinski definition) is 0. The summed E-state index contributed by atoms with van der Waals surface area (Å²) in [6.07, 6.45) is 0. The first kappa shape index (κ1) is 12.2. The van der Waals surface area contributed by atoms with Crippen molar-refractivity contribution in [3.05, 3.63) is 50.6 Å². The fourth-order valence-corrected chi connectivity index (χ4v) is 2.67. The number of anilines is 1. The molecule has 1 aromatic carbocycles. The van der Waals surface area contributed by atoms with Crippen molar-refractivity contribution < 1.29 is 0 Å². The van der Waals surface area contributed by atoms with E-state index in [0.29, 0.717) is 5.56 Å². The van der Waals surface area contributed by atoms with Crippen LogP contribution in [0.15, 0.2) is 39.5 Å². The highest BCUT2D eigenvalue weighted by Gasteiger charge is 2.08. The van der Waals surface area contributed by atoms with Crippen LogP contribution in [-0.2, 0) is 6.54 Å². The van der Waals surface area contributed by atoms with E-state index in [1.807, 2.05) is 25.2 Å². The van der Waals surface area contributed by atoms with E-state index in [9.17, 15) is 0 Å². The summed E-state index contributed by atoms with van der Waals surface area (Å²) in [6.45, 7) is 0.814. The van der Waals surface area contributed by atoms with E-state index in [1.165, 1.54) is 5.56 Å². The third-order valence-electron chi connectivity index (χ3n) is 2.49. The summed E-state index contributed by atoms with van der Waals surface area (Å²) in [5.74, 6) is 0. The summed E-state index contributed by atoms with van der Waals surface area (Å²) in [5.41, 5.74) is 2.92. The summed E-state index contributed by atoms with van der Waals surface area (Å²) in [7, 11) is 2.00. The van der Waals surface area contributed by atoms with Crippen molar-refractivity contribution in [1.82, 2.24) is 0 Å². The average molecular weight is 307 g/mol. The molecule has 2 rings (SSSR count). The van der Waals surface area contributed by atoms with Crippen molar-refractivity contribution in [3.8, 4) is 6.07 Å². The number of nitriles is 1.